The predicted molar refractivity (Wildman–Crippen MR) is 80.6 cm³/mol. The highest BCUT2D eigenvalue weighted by atomic mass is 79.9. The van der Waals surface area contributed by atoms with Gasteiger partial charge in [-0.2, -0.15) is 0 Å². The summed E-state index contributed by atoms with van der Waals surface area (Å²) < 4.78 is 7.50. The Bertz CT molecular complexity index is 493. The molecule has 0 radical (unpaired) electrons. The lowest BCUT2D eigenvalue weighted by molar-refractivity contribution is 0.452. The van der Waals surface area contributed by atoms with E-state index in [9.17, 15) is 0 Å². The van der Waals surface area contributed by atoms with Crippen LogP contribution in [0.4, 0.5) is 0 Å². The molecular weight excluding hydrogens is 358 g/mol. The molecule has 1 atom stereocenters. The summed E-state index contributed by atoms with van der Waals surface area (Å²) in [4.78, 5) is 0. The number of nitrogens with one attached hydrogen (secondary N) is 1. The second-order valence-electron chi connectivity index (χ2n) is 4.30. The highest BCUT2D eigenvalue weighted by Crippen LogP contribution is 2.17. The molecule has 4 heteroatoms. The lowest BCUT2D eigenvalue weighted by Gasteiger charge is -2.13. The highest BCUT2D eigenvalue weighted by Gasteiger charge is 2.07. The summed E-state index contributed by atoms with van der Waals surface area (Å²) in [6.45, 7) is 2.92. The van der Waals surface area contributed by atoms with Gasteiger partial charge in [-0.3, -0.25) is 0 Å². The van der Waals surface area contributed by atoms with Crippen LogP contribution in [0.3, 0.4) is 0 Å². The number of furan rings is 1. The van der Waals surface area contributed by atoms with E-state index in [1.165, 1.54) is 5.56 Å². The maximum Gasteiger partial charge on any atom is 0.131 e. The van der Waals surface area contributed by atoms with E-state index >= 15 is 0 Å². The fourth-order valence-corrected chi connectivity index (χ4v) is 2.37. The second-order valence-corrected chi connectivity index (χ2v) is 6.07. The molecule has 0 aliphatic heterocycles. The zero-order valence-corrected chi connectivity index (χ0v) is 13.3. The predicted octanol–water partition coefficient (Wildman–Crippen LogP) is 4.53. The number of hydrogen-bond donors (Lipinski definition) is 1. The minimum Gasteiger partial charge on any atom is -0.467 e. The van der Waals surface area contributed by atoms with Crippen molar-refractivity contribution in [3.8, 4) is 0 Å². The zero-order valence-electron chi connectivity index (χ0n) is 10.1. The van der Waals surface area contributed by atoms with E-state index in [1.807, 2.05) is 6.07 Å². The van der Waals surface area contributed by atoms with Gasteiger partial charge >= 0.3 is 0 Å². The molecule has 1 unspecified atom stereocenters. The normalized spacial score (nSPS) is 12.6. The van der Waals surface area contributed by atoms with Crippen molar-refractivity contribution in [2.45, 2.75) is 25.9 Å². The third-order valence-electron chi connectivity index (χ3n) is 2.76. The zero-order chi connectivity index (χ0) is 13.0. The molecule has 0 aliphatic rings. The molecule has 0 bridgehead atoms. The van der Waals surface area contributed by atoms with Gasteiger partial charge in [-0.15, -0.1) is 0 Å². The summed E-state index contributed by atoms with van der Waals surface area (Å²) in [5.74, 6) is 0.942. The first kappa shape index (κ1) is 13.8. The molecule has 1 aromatic heterocycles. The van der Waals surface area contributed by atoms with E-state index in [0.717, 1.165) is 27.7 Å². The maximum atomic E-state index is 5.37. The van der Waals surface area contributed by atoms with Crippen LogP contribution >= 0.6 is 31.9 Å². The number of rotatable bonds is 5. The summed E-state index contributed by atoms with van der Waals surface area (Å²) in [7, 11) is 0. The fraction of sp³-hybridized carbons (Fsp3) is 0.286. The maximum absolute atomic E-state index is 5.37. The molecule has 2 nitrogen and oxygen atoms in total. The quantitative estimate of drug-likeness (QED) is 0.834. The average molecular weight is 373 g/mol. The van der Waals surface area contributed by atoms with Crippen LogP contribution in [0.25, 0.3) is 0 Å². The Morgan fingerprint density at radius 1 is 1.17 bits per heavy atom. The van der Waals surface area contributed by atoms with E-state index < -0.39 is 0 Å². The van der Waals surface area contributed by atoms with Gasteiger partial charge < -0.3 is 9.73 Å². The monoisotopic (exact) mass is 371 g/mol. The minimum absolute atomic E-state index is 0.406. The Morgan fingerprint density at radius 3 is 2.50 bits per heavy atom. The van der Waals surface area contributed by atoms with Crippen molar-refractivity contribution in [1.29, 1.82) is 0 Å². The Hall–Kier alpha value is -0.580. The standard InChI is InChI=1S/C14H15Br2NO/c1-10(8-11-2-4-12(15)5-3-11)17-9-14-13(16)6-7-18-14/h2-7,10,17H,8-9H2,1H3. The summed E-state index contributed by atoms with van der Waals surface area (Å²) in [5.41, 5.74) is 1.33. The van der Waals surface area contributed by atoms with Crippen molar-refractivity contribution >= 4 is 31.9 Å². The van der Waals surface area contributed by atoms with Crippen LogP contribution in [0, 0.1) is 0 Å². The van der Waals surface area contributed by atoms with Crippen LogP contribution in [-0.4, -0.2) is 6.04 Å². The second kappa shape index (κ2) is 6.55. The van der Waals surface area contributed by atoms with Gasteiger partial charge in [0.05, 0.1) is 17.3 Å². The third kappa shape index (κ3) is 3.97. The number of halogens is 2. The molecule has 1 heterocycles. The van der Waals surface area contributed by atoms with Crippen molar-refractivity contribution in [3.63, 3.8) is 0 Å². The molecule has 0 spiro atoms. The smallest absolute Gasteiger partial charge is 0.131 e. The molecule has 96 valence electrons. The van der Waals surface area contributed by atoms with Crippen LogP contribution in [0.1, 0.15) is 18.2 Å². The lowest BCUT2D eigenvalue weighted by Crippen LogP contribution is -2.27. The Balaban J connectivity index is 1.83. The van der Waals surface area contributed by atoms with Crippen molar-refractivity contribution in [1.82, 2.24) is 5.32 Å². The van der Waals surface area contributed by atoms with Gasteiger partial charge in [0.2, 0.25) is 0 Å². The van der Waals surface area contributed by atoms with Crippen molar-refractivity contribution in [3.05, 3.63) is 56.9 Å². The van der Waals surface area contributed by atoms with Gasteiger partial charge in [0.25, 0.3) is 0 Å². The summed E-state index contributed by atoms with van der Waals surface area (Å²) in [6, 6.07) is 10.8. The lowest BCUT2D eigenvalue weighted by atomic mass is 10.1. The number of benzene rings is 1. The van der Waals surface area contributed by atoms with Crippen LogP contribution in [-0.2, 0) is 13.0 Å². The molecule has 1 N–H and O–H groups in total. The van der Waals surface area contributed by atoms with Gasteiger partial charge in [0.1, 0.15) is 5.76 Å². The largest absolute Gasteiger partial charge is 0.467 e. The van der Waals surface area contributed by atoms with Crippen LogP contribution in [0.2, 0.25) is 0 Å². The van der Waals surface area contributed by atoms with Crippen LogP contribution in [0.15, 0.2) is 50.0 Å². The Labute approximate surface area is 124 Å². The molecule has 0 saturated heterocycles. The first-order valence-electron chi connectivity index (χ1n) is 5.85. The topological polar surface area (TPSA) is 25.2 Å². The Kier molecular flexibility index (Phi) is 5.03. The Morgan fingerprint density at radius 2 is 1.89 bits per heavy atom. The molecule has 0 amide bonds. The minimum atomic E-state index is 0.406. The van der Waals surface area contributed by atoms with Gasteiger partial charge in [-0.05, 0) is 53.0 Å². The van der Waals surface area contributed by atoms with Crippen LogP contribution < -0.4 is 5.32 Å². The average Bonchev–Trinajstić information content (AvgIpc) is 2.75. The first-order chi connectivity index (χ1) is 8.65. The molecular formula is C14H15Br2NO. The molecule has 0 aliphatic carbocycles. The molecule has 18 heavy (non-hydrogen) atoms. The molecule has 0 fully saturated rings. The van der Waals surface area contributed by atoms with E-state index in [0.29, 0.717) is 6.04 Å². The van der Waals surface area contributed by atoms with E-state index in [4.69, 9.17) is 4.42 Å². The van der Waals surface area contributed by atoms with Crippen molar-refractivity contribution in [2.24, 2.45) is 0 Å². The molecule has 2 rings (SSSR count). The van der Waals surface area contributed by atoms with E-state index in [2.05, 4.69) is 68.4 Å². The summed E-state index contributed by atoms with van der Waals surface area (Å²) >= 11 is 6.90. The molecule has 2 aromatic rings. The fourth-order valence-electron chi connectivity index (χ4n) is 1.76. The highest BCUT2D eigenvalue weighted by molar-refractivity contribution is 9.10. The van der Waals surface area contributed by atoms with Gasteiger partial charge in [0, 0.05) is 10.5 Å². The SMILES string of the molecule is CC(Cc1ccc(Br)cc1)NCc1occc1Br. The van der Waals surface area contributed by atoms with Crippen molar-refractivity contribution in [2.75, 3.05) is 0 Å². The molecule has 0 saturated carbocycles. The number of hydrogen-bond acceptors (Lipinski definition) is 2. The van der Waals surface area contributed by atoms with Crippen molar-refractivity contribution < 1.29 is 4.42 Å². The summed E-state index contributed by atoms with van der Waals surface area (Å²) in [5, 5.41) is 3.45. The first-order valence-corrected chi connectivity index (χ1v) is 7.43. The summed E-state index contributed by atoms with van der Waals surface area (Å²) in [6.07, 6.45) is 2.70. The van der Waals surface area contributed by atoms with Gasteiger partial charge in [0.15, 0.2) is 0 Å². The van der Waals surface area contributed by atoms with Crippen LogP contribution in [0.5, 0.6) is 0 Å². The van der Waals surface area contributed by atoms with E-state index in [1.54, 1.807) is 6.26 Å². The van der Waals surface area contributed by atoms with Gasteiger partial charge in [-0.1, -0.05) is 28.1 Å². The van der Waals surface area contributed by atoms with E-state index in [-0.39, 0.29) is 0 Å². The third-order valence-corrected chi connectivity index (χ3v) is 3.99. The van der Waals surface area contributed by atoms with Gasteiger partial charge in [-0.25, -0.2) is 0 Å². The molecule has 1 aromatic carbocycles.